The van der Waals surface area contributed by atoms with Gasteiger partial charge in [0.05, 0.1) is 16.6 Å². The third-order valence-electron chi connectivity index (χ3n) is 7.14. The number of aryl methyl sites for hydroxylation is 2. The van der Waals surface area contributed by atoms with Crippen LogP contribution in [0, 0.1) is 0 Å². The highest BCUT2D eigenvalue weighted by Crippen LogP contribution is 2.35. The summed E-state index contributed by atoms with van der Waals surface area (Å²) in [5, 5.41) is 0. The molecule has 1 unspecified atom stereocenters. The summed E-state index contributed by atoms with van der Waals surface area (Å²) in [6.07, 6.45) is 8.28. The molecule has 6 nitrogen and oxygen atoms in total. The molecule has 0 saturated carbocycles. The van der Waals surface area contributed by atoms with Gasteiger partial charge in [0.15, 0.2) is 0 Å². The van der Waals surface area contributed by atoms with Crippen molar-refractivity contribution in [3.8, 4) is 0 Å². The highest BCUT2D eigenvalue weighted by Gasteiger charge is 2.33. The van der Waals surface area contributed by atoms with E-state index in [0.717, 1.165) is 67.7 Å². The van der Waals surface area contributed by atoms with Crippen molar-refractivity contribution in [3.63, 3.8) is 0 Å². The molecule has 0 bridgehead atoms. The highest BCUT2D eigenvalue weighted by molar-refractivity contribution is 7.14. The van der Waals surface area contributed by atoms with Crippen LogP contribution in [0.4, 0.5) is 0 Å². The molecule has 2 aliphatic heterocycles. The third kappa shape index (κ3) is 3.98. The second-order valence-corrected chi connectivity index (χ2v) is 10.6. The van der Waals surface area contributed by atoms with Crippen molar-refractivity contribution in [2.24, 2.45) is 0 Å². The number of piperidine rings is 1. The van der Waals surface area contributed by atoms with Crippen molar-refractivity contribution in [1.82, 2.24) is 19.8 Å². The molecule has 3 aliphatic rings. The Morgan fingerprint density at radius 3 is 2.81 bits per heavy atom. The van der Waals surface area contributed by atoms with Crippen LogP contribution in [0.15, 0.2) is 10.9 Å². The number of hydrogen-bond donors (Lipinski definition) is 1. The van der Waals surface area contributed by atoms with E-state index in [1.54, 1.807) is 11.3 Å². The van der Waals surface area contributed by atoms with E-state index in [9.17, 15) is 9.59 Å². The van der Waals surface area contributed by atoms with E-state index >= 15 is 0 Å². The molecule has 2 aromatic rings. The van der Waals surface area contributed by atoms with Crippen LogP contribution in [0.1, 0.15) is 89.2 Å². The van der Waals surface area contributed by atoms with E-state index in [0.29, 0.717) is 18.4 Å². The molecule has 31 heavy (non-hydrogen) atoms. The van der Waals surface area contributed by atoms with Gasteiger partial charge in [-0.3, -0.25) is 14.5 Å². The fourth-order valence-corrected chi connectivity index (χ4v) is 6.48. The largest absolute Gasteiger partial charge is 0.328 e. The van der Waals surface area contributed by atoms with Crippen LogP contribution in [0.3, 0.4) is 0 Å². The molecule has 1 aliphatic carbocycles. The molecule has 0 aromatic carbocycles. The highest BCUT2D eigenvalue weighted by atomic mass is 32.1. The Hall–Kier alpha value is -1.99. The van der Waals surface area contributed by atoms with E-state index in [1.165, 1.54) is 23.3 Å². The number of nitrogens with zero attached hydrogens (tertiary/aromatic N) is 3. The number of carbonyl (C=O) groups is 1. The lowest BCUT2D eigenvalue weighted by atomic mass is 9.98. The molecular formula is C24H32N4O2S. The summed E-state index contributed by atoms with van der Waals surface area (Å²) in [5.41, 5.74) is 3.05. The Morgan fingerprint density at radius 1 is 1.16 bits per heavy atom. The fourth-order valence-electron chi connectivity index (χ4n) is 5.27. The number of amides is 1. The van der Waals surface area contributed by atoms with Crippen molar-refractivity contribution in [2.75, 3.05) is 13.1 Å². The minimum Gasteiger partial charge on any atom is -0.328 e. The fraction of sp³-hybridized carbons (Fsp3) is 0.625. The maximum atomic E-state index is 13.5. The number of thiophene rings is 1. The molecule has 1 fully saturated rings. The average Bonchev–Trinajstić information content (AvgIpc) is 3.22. The number of rotatable bonds is 3. The molecule has 2 aromatic heterocycles. The molecule has 4 heterocycles. The van der Waals surface area contributed by atoms with E-state index in [2.05, 4.69) is 29.8 Å². The molecular weight excluding hydrogens is 408 g/mol. The van der Waals surface area contributed by atoms with Crippen LogP contribution >= 0.6 is 11.3 Å². The van der Waals surface area contributed by atoms with Gasteiger partial charge in [0.2, 0.25) is 0 Å². The second-order valence-electron chi connectivity index (χ2n) is 9.47. The first-order chi connectivity index (χ1) is 15.0. The quantitative estimate of drug-likeness (QED) is 0.787. The number of aromatic amines is 1. The van der Waals surface area contributed by atoms with Crippen LogP contribution in [-0.2, 0) is 25.8 Å². The molecule has 0 radical (unpaired) electrons. The Balaban J connectivity index is 1.45. The van der Waals surface area contributed by atoms with Crippen molar-refractivity contribution >= 4 is 17.2 Å². The molecule has 7 heteroatoms. The van der Waals surface area contributed by atoms with Gasteiger partial charge in [0.1, 0.15) is 5.82 Å². The van der Waals surface area contributed by atoms with Crippen LogP contribution in [-0.4, -0.2) is 44.8 Å². The van der Waals surface area contributed by atoms with Crippen LogP contribution in [0.2, 0.25) is 0 Å². The van der Waals surface area contributed by atoms with Crippen molar-refractivity contribution < 1.29 is 4.79 Å². The van der Waals surface area contributed by atoms with Crippen LogP contribution in [0.25, 0.3) is 0 Å². The zero-order valence-corrected chi connectivity index (χ0v) is 19.4. The minimum atomic E-state index is -0.146. The number of aromatic nitrogens is 2. The molecule has 166 valence electrons. The zero-order valence-electron chi connectivity index (χ0n) is 18.6. The average molecular weight is 441 g/mol. The molecule has 0 spiro atoms. The summed E-state index contributed by atoms with van der Waals surface area (Å²) >= 11 is 1.67. The van der Waals surface area contributed by atoms with Crippen molar-refractivity contribution in [1.29, 1.82) is 0 Å². The summed E-state index contributed by atoms with van der Waals surface area (Å²) in [7, 11) is 0. The molecule has 1 N–H and O–H groups in total. The lowest BCUT2D eigenvalue weighted by molar-refractivity contribution is 0.0603. The van der Waals surface area contributed by atoms with Gasteiger partial charge in [0, 0.05) is 36.1 Å². The summed E-state index contributed by atoms with van der Waals surface area (Å²) in [5.74, 6) is 0.775. The van der Waals surface area contributed by atoms with E-state index in [-0.39, 0.29) is 17.5 Å². The predicted octanol–water partition coefficient (Wildman–Crippen LogP) is 3.84. The van der Waals surface area contributed by atoms with Gasteiger partial charge in [-0.05, 0) is 76.8 Å². The predicted molar refractivity (Wildman–Crippen MR) is 123 cm³/mol. The van der Waals surface area contributed by atoms with Gasteiger partial charge < -0.3 is 9.88 Å². The smallest absolute Gasteiger partial charge is 0.264 e. The van der Waals surface area contributed by atoms with Gasteiger partial charge in [0.25, 0.3) is 11.5 Å². The molecule has 1 saturated heterocycles. The first kappa shape index (κ1) is 20.9. The topological polar surface area (TPSA) is 69.3 Å². The number of carbonyl (C=O) groups excluding carboxylic acids is 1. The van der Waals surface area contributed by atoms with Crippen molar-refractivity contribution in [3.05, 3.63) is 48.8 Å². The number of nitrogens with one attached hydrogen (secondary N) is 1. The lowest BCUT2D eigenvalue weighted by Crippen LogP contribution is -2.42. The molecule has 1 amide bonds. The summed E-state index contributed by atoms with van der Waals surface area (Å²) < 4.78 is 0. The van der Waals surface area contributed by atoms with E-state index < -0.39 is 0 Å². The van der Waals surface area contributed by atoms with Crippen LogP contribution in [0.5, 0.6) is 0 Å². The Kier molecular flexibility index (Phi) is 5.73. The number of fused-ring (bicyclic) bond motifs is 2. The first-order valence-corrected chi connectivity index (χ1v) is 12.6. The van der Waals surface area contributed by atoms with Crippen LogP contribution < -0.4 is 5.56 Å². The van der Waals surface area contributed by atoms with E-state index in [1.807, 2.05) is 4.90 Å². The minimum absolute atomic E-state index is 0.0204. The number of likely N-dealkylation sites (tertiary alicyclic amines) is 1. The number of hydrogen-bond acceptors (Lipinski definition) is 5. The molecule has 1 atom stereocenters. The van der Waals surface area contributed by atoms with Gasteiger partial charge in [-0.25, -0.2) is 4.98 Å². The normalized spacial score (nSPS) is 21.8. The zero-order chi connectivity index (χ0) is 21.5. The summed E-state index contributed by atoms with van der Waals surface area (Å²) in [4.78, 5) is 40.9. The molecule has 5 rings (SSSR count). The first-order valence-electron chi connectivity index (χ1n) is 11.8. The summed E-state index contributed by atoms with van der Waals surface area (Å²) in [6, 6.07) is 2.40. The maximum Gasteiger partial charge on any atom is 0.264 e. The lowest BCUT2D eigenvalue weighted by Gasteiger charge is -2.36. The third-order valence-corrected chi connectivity index (χ3v) is 8.36. The summed E-state index contributed by atoms with van der Waals surface area (Å²) in [6.45, 7) is 6.70. The van der Waals surface area contributed by atoms with E-state index in [4.69, 9.17) is 4.98 Å². The SMILES string of the molecule is CC(C)N1CCc2c(nc(C3CCCCN3C(=O)c3cc4c(s3)CCCC4)[nH]c2=O)C1. The number of H-pyrrole nitrogens is 1. The Bertz CT molecular complexity index is 1020. The maximum absolute atomic E-state index is 13.5. The van der Waals surface area contributed by atoms with Gasteiger partial charge >= 0.3 is 0 Å². The van der Waals surface area contributed by atoms with Crippen molar-refractivity contribution in [2.45, 2.75) is 83.8 Å². The Morgan fingerprint density at radius 2 is 2.00 bits per heavy atom. The van der Waals surface area contributed by atoms with Gasteiger partial charge in [-0.1, -0.05) is 0 Å². The van der Waals surface area contributed by atoms with Gasteiger partial charge in [-0.2, -0.15) is 0 Å². The van der Waals surface area contributed by atoms with Gasteiger partial charge in [-0.15, -0.1) is 11.3 Å². The monoisotopic (exact) mass is 440 g/mol. The standard InChI is InChI=1S/C24H32N4O2S/c1-15(2)27-12-10-17-18(14-27)25-22(26-23(17)29)19-8-5-6-11-28(19)24(30)21-13-16-7-3-4-9-20(16)31-21/h13,15,19H,3-12,14H2,1-2H3,(H,25,26,29). The second kappa shape index (κ2) is 8.51. The Labute approximate surface area is 187 Å².